The minimum Gasteiger partial charge on any atom is -0.453 e. The summed E-state index contributed by atoms with van der Waals surface area (Å²) in [6.07, 6.45) is 8.69. The number of fused-ring (bicyclic) bond motifs is 1. The fourth-order valence-electron chi connectivity index (χ4n) is 2.49. The molecule has 0 aromatic carbocycles. The minimum atomic E-state index is -0.582. The van der Waals surface area contributed by atoms with E-state index in [1.165, 1.54) is 12.3 Å². The van der Waals surface area contributed by atoms with E-state index in [0.29, 0.717) is 11.5 Å². The van der Waals surface area contributed by atoms with Crippen molar-refractivity contribution in [2.24, 2.45) is 12.8 Å². The molecule has 0 aliphatic rings. The van der Waals surface area contributed by atoms with E-state index in [-0.39, 0.29) is 5.69 Å². The van der Waals surface area contributed by atoms with Gasteiger partial charge in [-0.3, -0.25) is 4.79 Å². The van der Waals surface area contributed by atoms with Crippen molar-refractivity contribution in [3.05, 3.63) is 61.1 Å². The molecule has 0 radical (unpaired) electrons. The van der Waals surface area contributed by atoms with Crippen molar-refractivity contribution in [1.82, 2.24) is 24.1 Å². The van der Waals surface area contributed by atoms with Crippen molar-refractivity contribution in [3.63, 3.8) is 0 Å². The molecule has 4 rings (SSSR count). The fraction of sp³-hybridized carbons (Fsp3) is 0.0588. The first-order chi connectivity index (χ1) is 12.1. The molecule has 8 nitrogen and oxygen atoms in total. The Morgan fingerprint density at radius 3 is 2.76 bits per heavy atom. The summed E-state index contributed by atoms with van der Waals surface area (Å²) < 4.78 is 9.54. The number of aryl methyl sites for hydroxylation is 1. The van der Waals surface area contributed by atoms with Crippen LogP contribution in [0.15, 0.2) is 55.4 Å². The Bertz CT molecular complexity index is 1060. The van der Waals surface area contributed by atoms with Crippen LogP contribution in [0.5, 0.6) is 11.5 Å². The summed E-state index contributed by atoms with van der Waals surface area (Å²) in [7, 11) is 1.91. The van der Waals surface area contributed by atoms with Crippen LogP contribution in [0.3, 0.4) is 0 Å². The van der Waals surface area contributed by atoms with Crippen molar-refractivity contribution in [2.75, 3.05) is 0 Å². The third-order valence-electron chi connectivity index (χ3n) is 3.69. The molecular weight excluding hydrogens is 320 g/mol. The van der Waals surface area contributed by atoms with Gasteiger partial charge in [-0.15, -0.1) is 0 Å². The van der Waals surface area contributed by atoms with E-state index in [0.717, 1.165) is 16.8 Å². The number of aromatic nitrogens is 5. The van der Waals surface area contributed by atoms with Crippen LogP contribution in [0.2, 0.25) is 0 Å². The van der Waals surface area contributed by atoms with E-state index in [4.69, 9.17) is 10.5 Å². The first-order valence-corrected chi connectivity index (χ1v) is 7.49. The SMILES string of the molecule is Cn1cnc(-c2cc(Oc3ccc(C(N)=O)nc3)c3ccnn3c2)c1. The van der Waals surface area contributed by atoms with Crippen LogP contribution in [0.4, 0.5) is 0 Å². The summed E-state index contributed by atoms with van der Waals surface area (Å²) in [5.41, 5.74) is 7.87. The summed E-state index contributed by atoms with van der Waals surface area (Å²) in [4.78, 5) is 19.5. The Morgan fingerprint density at radius 2 is 2.08 bits per heavy atom. The molecule has 4 aromatic rings. The average Bonchev–Trinajstić information content (AvgIpc) is 3.24. The first-order valence-electron chi connectivity index (χ1n) is 7.49. The van der Waals surface area contributed by atoms with Crippen LogP contribution < -0.4 is 10.5 Å². The standard InChI is InChI=1S/C17H14N6O2/c1-22-9-14(20-10-22)11-6-16(15-4-5-21-23(15)8-11)25-12-2-3-13(17(18)24)19-7-12/h2-10H,1H3,(H2,18,24). The molecule has 0 fully saturated rings. The van der Waals surface area contributed by atoms with Crippen molar-refractivity contribution in [2.45, 2.75) is 0 Å². The van der Waals surface area contributed by atoms with E-state index in [9.17, 15) is 4.79 Å². The maximum atomic E-state index is 11.1. The van der Waals surface area contributed by atoms with Gasteiger partial charge >= 0.3 is 0 Å². The van der Waals surface area contributed by atoms with Gasteiger partial charge in [0, 0.05) is 25.0 Å². The number of imidazole rings is 1. The number of ether oxygens (including phenoxy) is 1. The van der Waals surface area contributed by atoms with E-state index in [1.807, 2.05) is 36.1 Å². The van der Waals surface area contributed by atoms with Gasteiger partial charge in [-0.1, -0.05) is 0 Å². The molecule has 25 heavy (non-hydrogen) atoms. The number of hydrogen-bond acceptors (Lipinski definition) is 5. The lowest BCUT2D eigenvalue weighted by Crippen LogP contribution is -2.12. The van der Waals surface area contributed by atoms with Crippen LogP contribution in [-0.2, 0) is 7.05 Å². The highest BCUT2D eigenvalue weighted by Crippen LogP contribution is 2.30. The van der Waals surface area contributed by atoms with E-state index in [1.54, 1.807) is 23.1 Å². The van der Waals surface area contributed by atoms with Gasteiger partial charge in [-0.05, 0) is 24.3 Å². The normalized spacial score (nSPS) is 10.9. The summed E-state index contributed by atoms with van der Waals surface area (Å²) >= 11 is 0. The van der Waals surface area contributed by atoms with E-state index in [2.05, 4.69) is 15.1 Å². The molecule has 0 saturated carbocycles. The molecule has 0 unspecified atom stereocenters. The average molecular weight is 334 g/mol. The quantitative estimate of drug-likeness (QED) is 0.615. The Kier molecular flexibility index (Phi) is 3.42. The molecule has 8 heteroatoms. The molecule has 4 heterocycles. The lowest BCUT2D eigenvalue weighted by Gasteiger charge is -2.09. The second kappa shape index (κ2) is 5.75. The molecule has 124 valence electrons. The molecule has 0 aliphatic heterocycles. The van der Waals surface area contributed by atoms with Crippen LogP contribution in [-0.4, -0.2) is 30.1 Å². The zero-order valence-corrected chi connectivity index (χ0v) is 13.3. The molecule has 0 aliphatic carbocycles. The largest absolute Gasteiger partial charge is 0.453 e. The topological polar surface area (TPSA) is 100 Å². The smallest absolute Gasteiger partial charge is 0.267 e. The molecule has 0 saturated heterocycles. The fourth-order valence-corrected chi connectivity index (χ4v) is 2.49. The first kappa shape index (κ1) is 14.9. The third-order valence-corrected chi connectivity index (χ3v) is 3.69. The van der Waals surface area contributed by atoms with Crippen LogP contribution in [0.25, 0.3) is 16.8 Å². The minimum absolute atomic E-state index is 0.184. The number of nitrogens with zero attached hydrogens (tertiary/aromatic N) is 5. The number of pyridine rings is 2. The molecule has 0 spiro atoms. The lowest BCUT2D eigenvalue weighted by molar-refractivity contribution is 0.0995. The third kappa shape index (κ3) is 2.80. The van der Waals surface area contributed by atoms with Crippen molar-refractivity contribution in [3.8, 4) is 22.8 Å². The predicted molar refractivity (Wildman–Crippen MR) is 90.2 cm³/mol. The Morgan fingerprint density at radius 1 is 1.20 bits per heavy atom. The number of carbonyl (C=O) groups excluding carboxylic acids is 1. The number of hydrogen-bond donors (Lipinski definition) is 1. The Balaban J connectivity index is 1.75. The van der Waals surface area contributed by atoms with Crippen molar-refractivity contribution >= 4 is 11.4 Å². The van der Waals surface area contributed by atoms with Gasteiger partial charge < -0.3 is 15.0 Å². The molecular formula is C17H14N6O2. The van der Waals surface area contributed by atoms with Crippen molar-refractivity contribution in [1.29, 1.82) is 0 Å². The predicted octanol–water partition coefficient (Wildman–Crippen LogP) is 2.02. The van der Waals surface area contributed by atoms with Gasteiger partial charge in [0.1, 0.15) is 17.0 Å². The van der Waals surface area contributed by atoms with Gasteiger partial charge in [0.05, 0.1) is 24.4 Å². The highest BCUT2D eigenvalue weighted by Gasteiger charge is 2.11. The molecule has 4 aromatic heterocycles. The van der Waals surface area contributed by atoms with Crippen LogP contribution in [0, 0.1) is 0 Å². The molecule has 0 atom stereocenters. The summed E-state index contributed by atoms with van der Waals surface area (Å²) in [5, 5.41) is 4.28. The monoisotopic (exact) mass is 334 g/mol. The second-order valence-electron chi connectivity index (χ2n) is 5.52. The summed E-state index contributed by atoms with van der Waals surface area (Å²) in [5.74, 6) is 0.516. The molecule has 1 amide bonds. The number of amides is 1. The maximum Gasteiger partial charge on any atom is 0.267 e. The molecule has 0 bridgehead atoms. The van der Waals surface area contributed by atoms with E-state index < -0.39 is 5.91 Å². The van der Waals surface area contributed by atoms with Gasteiger partial charge in [-0.25, -0.2) is 14.5 Å². The van der Waals surface area contributed by atoms with Crippen LogP contribution >= 0.6 is 0 Å². The zero-order valence-electron chi connectivity index (χ0n) is 13.3. The van der Waals surface area contributed by atoms with Gasteiger partial charge in [-0.2, -0.15) is 5.10 Å². The van der Waals surface area contributed by atoms with E-state index >= 15 is 0 Å². The summed E-state index contributed by atoms with van der Waals surface area (Å²) in [6, 6.07) is 6.91. The highest BCUT2D eigenvalue weighted by atomic mass is 16.5. The Hall–Kier alpha value is -3.68. The highest BCUT2D eigenvalue weighted by molar-refractivity contribution is 5.90. The van der Waals surface area contributed by atoms with Gasteiger partial charge in [0.25, 0.3) is 5.91 Å². The van der Waals surface area contributed by atoms with Crippen molar-refractivity contribution < 1.29 is 9.53 Å². The number of primary amides is 1. The lowest BCUT2D eigenvalue weighted by atomic mass is 10.2. The second-order valence-corrected chi connectivity index (χ2v) is 5.52. The summed E-state index contributed by atoms with van der Waals surface area (Å²) in [6.45, 7) is 0. The van der Waals surface area contributed by atoms with Gasteiger partial charge in [0.15, 0.2) is 5.75 Å². The van der Waals surface area contributed by atoms with Crippen LogP contribution in [0.1, 0.15) is 10.5 Å². The number of carbonyl (C=O) groups is 1. The Labute approximate surface area is 142 Å². The zero-order chi connectivity index (χ0) is 17.4. The number of nitrogens with two attached hydrogens (primary N) is 1. The maximum absolute atomic E-state index is 11.1. The number of rotatable bonds is 4. The molecule has 2 N–H and O–H groups in total. The van der Waals surface area contributed by atoms with Gasteiger partial charge in [0.2, 0.25) is 0 Å².